The number of hydrogen-bond donors (Lipinski definition) is 3. The molecule has 0 radical (unpaired) electrons. The Morgan fingerprint density at radius 3 is 2.36 bits per heavy atom. The number of halogens is 1. The summed E-state index contributed by atoms with van der Waals surface area (Å²) in [7, 11) is 0. The summed E-state index contributed by atoms with van der Waals surface area (Å²) in [5, 5.41) is 15.1. The number of carboxylic acids is 1. The molecule has 0 spiro atoms. The minimum absolute atomic E-state index is 0.228. The van der Waals surface area contributed by atoms with E-state index in [2.05, 4.69) is 10.6 Å². The van der Waals surface area contributed by atoms with Gasteiger partial charge in [0.2, 0.25) is 5.91 Å². The van der Waals surface area contributed by atoms with Gasteiger partial charge in [-0.1, -0.05) is 23.8 Å². The molecule has 0 saturated heterocycles. The first-order valence-electron chi connectivity index (χ1n) is 8.25. The van der Waals surface area contributed by atoms with Gasteiger partial charge in [-0.15, -0.1) is 0 Å². The largest absolute Gasteiger partial charge is 0.481 e. The van der Waals surface area contributed by atoms with Crippen LogP contribution in [0.5, 0.6) is 0 Å². The van der Waals surface area contributed by atoms with E-state index in [-0.39, 0.29) is 22.9 Å². The fourth-order valence-electron chi connectivity index (χ4n) is 2.88. The van der Waals surface area contributed by atoms with Crippen LogP contribution in [-0.4, -0.2) is 28.9 Å². The number of rotatable bonds is 5. The molecule has 7 heteroatoms. The first-order chi connectivity index (χ1) is 12.0. The third kappa shape index (κ3) is 4.20. The molecule has 0 bridgehead atoms. The van der Waals surface area contributed by atoms with Crippen molar-refractivity contribution >= 4 is 35.1 Å². The zero-order valence-electron chi connectivity index (χ0n) is 13.5. The average molecular weight is 363 g/mol. The van der Waals surface area contributed by atoms with Gasteiger partial charge in [-0.25, -0.2) is 0 Å². The maximum atomic E-state index is 12.4. The number of aliphatic carboxylic acids is 1. The fourth-order valence-corrected chi connectivity index (χ4v) is 3.15. The number of amides is 2. The van der Waals surface area contributed by atoms with Crippen LogP contribution in [0.2, 0.25) is 5.02 Å². The molecule has 1 aromatic rings. The van der Waals surface area contributed by atoms with Gasteiger partial charge in [-0.05, 0) is 43.9 Å². The Kier molecular flexibility index (Phi) is 5.08. The standard InChI is InChI=1S/C18H19ClN2O4/c19-15-9-11(7-8-14(15)17(23)20-10-5-6-10)21-16(22)12-3-1-2-4-13(12)18(24)25/h1-2,7-10,12-13H,3-6H2,(H,20,23)(H,21,22)(H,24,25)/t12-,13+/m1/s1. The minimum atomic E-state index is -0.977. The molecule has 2 atom stereocenters. The molecule has 25 heavy (non-hydrogen) atoms. The van der Waals surface area contributed by atoms with E-state index in [1.54, 1.807) is 18.2 Å². The van der Waals surface area contributed by atoms with Gasteiger partial charge in [0.05, 0.1) is 22.4 Å². The second-order valence-electron chi connectivity index (χ2n) is 6.43. The number of hydrogen-bond acceptors (Lipinski definition) is 3. The topological polar surface area (TPSA) is 95.5 Å². The summed E-state index contributed by atoms with van der Waals surface area (Å²) in [5.74, 6) is -2.92. The lowest BCUT2D eigenvalue weighted by atomic mass is 9.82. The van der Waals surface area contributed by atoms with E-state index in [0.717, 1.165) is 12.8 Å². The summed E-state index contributed by atoms with van der Waals surface area (Å²) < 4.78 is 0. The van der Waals surface area contributed by atoms with Crippen LogP contribution < -0.4 is 10.6 Å². The Hall–Kier alpha value is -2.34. The van der Waals surface area contributed by atoms with Crippen molar-refractivity contribution < 1.29 is 19.5 Å². The average Bonchev–Trinajstić information content (AvgIpc) is 3.38. The highest BCUT2D eigenvalue weighted by Crippen LogP contribution is 2.28. The first kappa shape index (κ1) is 17.5. The van der Waals surface area contributed by atoms with Crippen LogP contribution >= 0.6 is 11.6 Å². The van der Waals surface area contributed by atoms with Gasteiger partial charge in [0, 0.05) is 11.7 Å². The number of carboxylic acid groups (broad SMARTS) is 1. The number of carbonyl (C=O) groups excluding carboxylic acids is 2. The Morgan fingerprint density at radius 1 is 1.08 bits per heavy atom. The molecular weight excluding hydrogens is 344 g/mol. The summed E-state index contributed by atoms with van der Waals surface area (Å²) in [6.07, 6.45) is 6.30. The number of anilines is 1. The van der Waals surface area contributed by atoms with Crippen molar-refractivity contribution in [3.63, 3.8) is 0 Å². The van der Waals surface area contributed by atoms with Gasteiger partial charge in [-0.2, -0.15) is 0 Å². The van der Waals surface area contributed by atoms with E-state index in [9.17, 15) is 19.5 Å². The molecule has 0 aromatic heterocycles. The third-order valence-corrected chi connectivity index (χ3v) is 4.79. The van der Waals surface area contributed by atoms with E-state index in [1.165, 1.54) is 6.07 Å². The lowest BCUT2D eigenvalue weighted by Crippen LogP contribution is -2.34. The smallest absolute Gasteiger partial charge is 0.307 e. The Balaban J connectivity index is 1.68. The Morgan fingerprint density at radius 2 is 1.76 bits per heavy atom. The lowest BCUT2D eigenvalue weighted by Gasteiger charge is -2.24. The quantitative estimate of drug-likeness (QED) is 0.702. The summed E-state index contributed by atoms with van der Waals surface area (Å²) in [5.41, 5.74) is 0.798. The number of carbonyl (C=O) groups is 3. The third-order valence-electron chi connectivity index (χ3n) is 4.48. The van der Waals surface area contributed by atoms with Crippen LogP contribution in [0.1, 0.15) is 36.0 Å². The van der Waals surface area contributed by atoms with Crippen molar-refractivity contribution in [3.05, 3.63) is 40.9 Å². The minimum Gasteiger partial charge on any atom is -0.481 e. The van der Waals surface area contributed by atoms with E-state index >= 15 is 0 Å². The molecule has 3 N–H and O–H groups in total. The number of nitrogens with one attached hydrogen (secondary N) is 2. The zero-order valence-corrected chi connectivity index (χ0v) is 14.3. The number of allylic oxidation sites excluding steroid dienone is 2. The fraction of sp³-hybridized carbons (Fsp3) is 0.389. The molecular formula is C18H19ClN2O4. The molecule has 0 unspecified atom stereocenters. The van der Waals surface area contributed by atoms with E-state index in [4.69, 9.17) is 11.6 Å². The monoisotopic (exact) mass is 362 g/mol. The summed E-state index contributed by atoms with van der Waals surface area (Å²) in [4.78, 5) is 35.8. The summed E-state index contributed by atoms with van der Waals surface area (Å²) >= 11 is 6.16. The first-order valence-corrected chi connectivity index (χ1v) is 8.62. The molecule has 1 saturated carbocycles. The highest BCUT2D eigenvalue weighted by atomic mass is 35.5. The van der Waals surface area contributed by atoms with E-state index < -0.39 is 17.8 Å². The molecule has 1 fully saturated rings. The molecule has 0 aliphatic heterocycles. The predicted molar refractivity (Wildman–Crippen MR) is 93.6 cm³/mol. The van der Waals surface area contributed by atoms with Gasteiger partial charge < -0.3 is 15.7 Å². The summed E-state index contributed by atoms with van der Waals surface area (Å²) in [6, 6.07) is 4.90. The van der Waals surface area contributed by atoms with Gasteiger partial charge >= 0.3 is 5.97 Å². The molecule has 1 aromatic carbocycles. The van der Waals surface area contributed by atoms with Gasteiger partial charge in [0.15, 0.2) is 0 Å². The van der Waals surface area contributed by atoms with Crippen LogP contribution in [0.4, 0.5) is 5.69 Å². The van der Waals surface area contributed by atoms with Crippen molar-refractivity contribution in [2.75, 3.05) is 5.32 Å². The molecule has 2 amide bonds. The molecule has 2 aliphatic rings. The highest BCUT2D eigenvalue weighted by Gasteiger charge is 2.34. The lowest BCUT2D eigenvalue weighted by molar-refractivity contribution is -0.146. The van der Waals surface area contributed by atoms with Gasteiger partial charge in [0.25, 0.3) is 5.91 Å². The second-order valence-corrected chi connectivity index (χ2v) is 6.83. The van der Waals surface area contributed by atoms with Crippen molar-refractivity contribution in [3.8, 4) is 0 Å². The summed E-state index contributed by atoms with van der Waals surface area (Å²) in [6.45, 7) is 0. The van der Waals surface area contributed by atoms with Crippen molar-refractivity contribution in [2.45, 2.75) is 31.7 Å². The van der Waals surface area contributed by atoms with Crippen LogP contribution in [0.15, 0.2) is 30.4 Å². The maximum Gasteiger partial charge on any atom is 0.307 e. The van der Waals surface area contributed by atoms with Crippen LogP contribution in [0, 0.1) is 11.8 Å². The molecule has 2 aliphatic carbocycles. The number of benzene rings is 1. The van der Waals surface area contributed by atoms with Crippen molar-refractivity contribution in [2.24, 2.45) is 11.8 Å². The maximum absolute atomic E-state index is 12.4. The van der Waals surface area contributed by atoms with Crippen LogP contribution in [0.25, 0.3) is 0 Å². The van der Waals surface area contributed by atoms with Crippen molar-refractivity contribution in [1.29, 1.82) is 0 Å². The predicted octanol–water partition coefficient (Wildman–Crippen LogP) is 2.84. The van der Waals surface area contributed by atoms with E-state index in [1.807, 2.05) is 6.08 Å². The van der Waals surface area contributed by atoms with Crippen molar-refractivity contribution in [1.82, 2.24) is 5.32 Å². The molecule has 6 nitrogen and oxygen atoms in total. The van der Waals surface area contributed by atoms with Gasteiger partial charge in [-0.3, -0.25) is 14.4 Å². The Labute approximate surface area is 150 Å². The van der Waals surface area contributed by atoms with Crippen LogP contribution in [-0.2, 0) is 9.59 Å². The normalized spacial score (nSPS) is 22.3. The van der Waals surface area contributed by atoms with Crippen LogP contribution in [0.3, 0.4) is 0 Å². The van der Waals surface area contributed by atoms with Gasteiger partial charge in [0.1, 0.15) is 0 Å². The molecule has 132 valence electrons. The van der Waals surface area contributed by atoms with E-state index in [0.29, 0.717) is 24.1 Å². The molecule has 0 heterocycles. The molecule has 3 rings (SSSR count). The highest BCUT2D eigenvalue weighted by molar-refractivity contribution is 6.34. The Bertz CT molecular complexity index is 743. The zero-order chi connectivity index (χ0) is 18.0. The SMILES string of the molecule is O=C(NC1CC1)c1ccc(NC(=O)[C@@H]2CC=CC[C@@H]2C(=O)O)cc1Cl. The second kappa shape index (κ2) is 7.27.